The molecule has 2 aromatic carbocycles. The molecule has 4 heteroatoms. The van der Waals surface area contributed by atoms with Gasteiger partial charge in [0.05, 0.1) is 0 Å². The minimum atomic E-state index is -0.640. The van der Waals surface area contributed by atoms with Gasteiger partial charge in [-0.3, -0.25) is 10.1 Å². The van der Waals surface area contributed by atoms with Crippen molar-refractivity contribution < 1.29 is 4.79 Å². The molecule has 1 atom stereocenters. The van der Waals surface area contributed by atoms with Crippen molar-refractivity contribution in [3.8, 4) is 0 Å². The van der Waals surface area contributed by atoms with Crippen LogP contribution in [0, 0.1) is 0 Å². The maximum atomic E-state index is 12.8. The number of amides is 1. The standard InChI is InChI=1S/C18H19ClN2O/c19-16-9-7-15(8-10-16)18(11-4-12-21-18)17(22)20-13-14-5-2-1-3-6-14/h1-3,5-10,21H,4,11-13H2,(H,20,22)/t18-/m1/s1. The van der Waals surface area contributed by atoms with E-state index in [0.717, 1.165) is 30.5 Å². The lowest BCUT2D eigenvalue weighted by Gasteiger charge is -2.29. The number of carbonyl (C=O) groups is 1. The lowest BCUT2D eigenvalue weighted by atomic mass is 9.87. The third kappa shape index (κ3) is 3.01. The quantitative estimate of drug-likeness (QED) is 0.909. The molecule has 0 saturated carbocycles. The molecule has 1 aliphatic heterocycles. The summed E-state index contributed by atoms with van der Waals surface area (Å²) in [7, 11) is 0. The Bertz CT molecular complexity index is 634. The molecule has 0 bridgehead atoms. The second-order valence-electron chi connectivity index (χ2n) is 5.61. The molecule has 2 aromatic rings. The smallest absolute Gasteiger partial charge is 0.245 e. The maximum Gasteiger partial charge on any atom is 0.245 e. The van der Waals surface area contributed by atoms with Gasteiger partial charge in [-0.05, 0) is 42.6 Å². The largest absolute Gasteiger partial charge is 0.350 e. The predicted octanol–water partition coefficient (Wildman–Crippen LogP) is 3.24. The average molecular weight is 315 g/mol. The van der Waals surface area contributed by atoms with E-state index in [1.807, 2.05) is 54.6 Å². The van der Waals surface area contributed by atoms with Crippen molar-refractivity contribution in [3.05, 3.63) is 70.7 Å². The molecule has 1 saturated heterocycles. The van der Waals surface area contributed by atoms with Crippen LogP contribution in [0.3, 0.4) is 0 Å². The van der Waals surface area contributed by atoms with Gasteiger partial charge in [-0.15, -0.1) is 0 Å². The number of rotatable bonds is 4. The Morgan fingerprint density at radius 3 is 2.50 bits per heavy atom. The number of hydrogen-bond donors (Lipinski definition) is 2. The van der Waals surface area contributed by atoms with E-state index in [1.165, 1.54) is 0 Å². The fourth-order valence-electron chi connectivity index (χ4n) is 2.98. The summed E-state index contributed by atoms with van der Waals surface area (Å²) in [5, 5.41) is 7.13. The Kier molecular flexibility index (Phi) is 4.46. The van der Waals surface area contributed by atoms with Crippen LogP contribution in [0.4, 0.5) is 0 Å². The summed E-state index contributed by atoms with van der Waals surface area (Å²) in [6, 6.07) is 17.5. The molecule has 0 aliphatic carbocycles. The Balaban J connectivity index is 1.78. The molecular weight excluding hydrogens is 296 g/mol. The van der Waals surface area contributed by atoms with Crippen molar-refractivity contribution in [2.24, 2.45) is 0 Å². The van der Waals surface area contributed by atoms with Crippen LogP contribution in [-0.4, -0.2) is 12.5 Å². The van der Waals surface area contributed by atoms with Gasteiger partial charge in [-0.1, -0.05) is 54.1 Å². The van der Waals surface area contributed by atoms with Crippen LogP contribution in [0.1, 0.15) is 24.0 Å². The van der Waals surface area contributed by atoms with Crippen LogP contribution in [0.5, 0.6) is 0 Å². The first-order chi connectivity index (χ1) is 10.7. The van der Waals surface area contributed by atoms with Gasteiger partial charge < -0.3 is 5.32 Å². The predicted molar refractivity (Wildman–Crippen MR) is 88.7 cm³/mol. The van der Waals surface area contributed by atoms with Crippen LogP contribution in [0.2, 0.25) is 5.02 Å². The third-order valence-electron chi connectivity index (χ3n) is 4.18. The monoisotopic (exact) mass is 314 g/mol. The van der Waals surface area contributed by atoms with Gasteiger partial charge in [0, 0.05) is 11.6 Å². The summed E-state index contributed by atoms with van der Waals surface area (Å²) < 4.78 is 0. The summed E-state index contributed by atoms with van der Waals surface area (Å²) in [6.07, 6.45) is 1.79. The summed E-state index contributed by atoms with van der Waals surface area (Å²) >= 11 is 5.96. The first-order valence-corrected chi connectivity index (χ1v) is 7.92. The van der Waals surface area contributed by atoms with Crippen molar-refractivity contribution >= 4 is 17.5 Å². The summed E-state index contributed by atoms with van der Waals surface area (Å²) in [5.74, 6) is 0.0242. The molecule has 2 N–H and O–H groups in total. The average Bonchev–Trinajstić information content (AvgIpc) is 3.05. The van der Waals surface area contributed by atoms with E-state index in [0.29, 0.717) is 11.6 Å². The highest BCUT2D eigenvalue weighted by molar-refractivity contribution is 6.30. The van der Waals surface area contributed by atoms with Gasteiger partial charge >= 0.3 is 0 Å². The van der Waals surface area contributed by atoms with E-state index in [9.17, 15) is 4.79 Å². The number of nitrogens with one attached hydrogen (secondary N) is 2. The van der Waals surface area contributed by atoms with Gasteiger partial charge in [0.1, 0.15) is 5.54 Å². The Morgan fingerprint density at radius 2 is 1.86 bits per heavy atom. The van der Waals surface area contributed by atoms with Crippen LogP contribution >= 0.6 is 11.6 Å². The number of hydrogen-bond acceptors (Lipinski definition) is 2. The third-order valence-corrected chi connectivity index (χ3v) is 4.43. The van der Waals surface area contributed by atoms with Crippen molar-refractivity contribution in [1.29, 1.82) is 0 Å². The first-order valence-electron chi connectivity index (χ1n) is 7.54. The second-order valence-corrected chi connectivity index (χ2v) is 6.05. The van der Waals surface area contributed by atoms with E-state index >= 15 is 0 Å². The minimum Gasteiger partial charge on any atom is -0.350 e. The molecule has 0 unspecified atom stereocenters. The Labute approximate surface area is 135 Å². The molecule has 1 heterocycles. The molecule has 1 fully saturated rings. The van der Waals surface area contributed by atoms with Gasteiger partial charge in [-0.2, -0.15) is 0 Å². The van der Waals surface area contributed by atoms with Gasteiger partial charge in [0.25, 0.3) is 0 Å². The molecule has 3 nitrogen and oxygen atoms in total. The fraction of sp³-hybridized carbons (Fsp3) is 0.278. The highest BCUT2D eigenvalue weighted by Gasteiger charge is 2.42. The number of benzene rings is 2. The molecule has 3 rings (SSSR count). The number of carbonyl (C=O) groups excluding carboxylic acids is 1. The fourth-order valence-corrected chi connectivity index (χ4v) is 3.10. The highest BCUT2D eigenvalue weighted by Crippen LogP contribution is 2.32. The zero-order chi connectivity index (χ0) is 15.4. The summed E-state index contributed by atoms with van der Waals surface area (Å²) in [5.41, 5.74) is 1.43. The molecule has 0 radical (unpaired) electrons. The van der Waals surface area contributed by atoms with Crippen molar-refractivity contribution in [2.75, 3.05) is 6.54 Å². The van der Waals surface area contributed by atoms with E-state index in [-0.39, 0.29) is 5.91 Å². The van der Waals surface area contributed by atoms with Crippen LogP contribution in [0.25, 0.3) is 0 Å². The molecule has 1 amide bonds. The lowest BCUT2D eigenvalue weighted by Crippen LogP contribution is -2.50. The maximum absolute atomic E-state index is 12.8. The summed E-state index contributed by atoms with van der Waals surface area (Å²) in [4.78, 5) is 12.8. The number of halogens is 1. The van der Waals surface area contributed by atoms with Crippen molar-refractivity contribution in [1.82, 2.24) is 10.6 Å². The molecule has 114 valence electrons. The van der Waals surface area contributed by atoms with Crippen LogP contribution < -0.4 is 10.6 Å². The van der Waals surface area contributed by atoms with Gasteiger partial charge in [0.2, 0.25) is 5.91 Å². The molecular formula is C18H19ClN2O. The van der Waals surface area contributed by atoms with E-state index in [4.69, 9.17) is 11.6 Å². The van der Waals surface area contributed by atoms with Crippen LogP contribution in [0.15, 0.2) is 54.6 Å². The van der Waals surface area contributed by atoms with Gasteiger partial charge in [0.15, 0.2) is 0 Å². The Morgan fingerprint density at radius 1 is 1.14 bits per heavy atom. The van der Waals surface area contributed by atoms with Crippen LogP contribution in [-0.2, 0) is 16.9 Å². The molecule has 1 aliphatic rings. The van der Waals surface area contributed by atoms with E-state index < -0.39 is 5.54 Å². The minimum absolute atomic E-state index is 0.0242. The van der Waals surface area contributed by atoms with Crippen molar-refractivity contribution in [2.45, 2.75) is 24.9 Å². The molecule has 0 aromatic heterocycles. The normalized spacial score (nSPS) is 20.8. The lowest BCUT2D eigenvalue weighted by molar-refractivity contribution is -0.127. The van der Waals surface area contributed by atoms with Crippen molar-refractivity contribution in [3.63, 3.8) is 0 Å². The summed E-state index contributed by atoms with van der Waals surface area (Å²) in [6.45, 7) is 1.39. The molecule has 22 heavy (non-hydrogen) atoms. The zero-order valence-corrected chi connectivity index (χ0v) is 13.1. The van der Waals surface area contributed by atoms with E-state index in [1.54, 1.807) is 0 Å². The first kappa shape index (κ1) is 15.1. The Hall–Kier alpha value is -1.84. The molecule has 0 spiro atoms. The highest BCUT2D eigenvalue weighted by atomic mass is 35.5. The second kappa shape index (κ2) is 6.51. The van der Waals surface area contributed by atoms with E-state index in [2.05, 4.69) is 10.6 Å². The zero-order valence-electron chi connectivity index (χ0n) is 12.3. The topological polar surface area (TPSA) is 41.1 Å². The van der Waals surface area contributed by atoms with Gasteiger partial charge in [-0.25, -0.2) is 0 Å². The SMILES string of the molecule is O=C(NCc1ccccc1)[C@]1(c2ccc(Cl)cc2)CCCN1.